The Kier molecular flexibility index (Phi) is 6.64. The first-order valence-electron chi connectivity index (χ1n) is 7.63. The van der Waals surface area contributed by atoms with Crippen molar-refractivity contribution in [3.63, 3.8) is 0 Å². The van der Waals surface area contributed by atoms with Gasteiger partial charge < -0.3 is 17.0 Å². The van der Waals surface area contributed by atoms with Crippen LogP contribution in [-0.2, 0) is 6.54 Å². The van der Waals surface area contributed by atoms with E-state index in [0.29, 0.717) is 6.54 Å². The van der Waals surface area contributed by atoms with Crippen LogP contribution in [0.4, 0.5) is 0 Å². The Morgan fingerprint density at radius 1 is 0.792 bits per heavy atom. The van der Waals surface area contributed by atoms with Gasteiger partial charge in [-0.15, -0.1) is 0 Å². The number of aromatic nitrogens is 1. The van der Waals surface area contributed by atoms with Crippen molar-refractivity contribution in [2.24, 2.45) is 0 Å². The van der Waals surface area contributed by atoms with Crippen molar-refractivity contribution in [2.45, 2.75) is 6.54 Å². The molecule has 0 aliphatic rings. The molecule has 2 aromatic carbocycles. The smallest absolute Gasteiger partial charge is 0.227 e. The zero-order valence-corrected chi connectivity index (χ0v) is 14.8. The van der Waals surface area contributed by atoms with E-state index in [-0.39, 0.29) is 22.8 Å². The number of benzene rings is 2. The summed E-state index contributed by atoms with van der Waals surface area (Å²) in [7, 11) is 0. The minimum absolute atomic E-state index is 0. The predicted octanol–water partition coefficient (Wildman–Crippen LogP) is 1.03. The fourth-order valence-corrected chi connectivity index (χ4v) is 2.40. The van der Waals surface area contributed by atoms with Crippen LogP contribution in [-0.4, -0.2) is 5.78 Å². The Labute approximate surface area is 152 Å². The largest absolute Gasteiger partial charge is 1.00 e. The SMILES string of the molecule is O=C(C[n+]1ccccc1/C=C/c1ccccc1)c1ccccc1.[Br-]. The maximum absolute atomic E-state index is 12.4. The van der Waals surface area contributed by atoms with Crippen molar-refractivity contribution < 1.29 is 26.3 Å². The van der Waals surface area contributed by atoms with E-state index in [1.807, 2.05) is 83.6 Å². The highest BCUT2D eigenvalue weighted by Gasteiger charge is 2.14. The third-order valence-electron chi connectivity index (χ3n) is 3.63. The Morgan fingerprint density at radius 3 is 2.12 bits per heavy atom. The van der Waals surface area contributed by atoms with E-state index in [1.165, 1.54) is 0 Å². The van der Waals surface area contributed by atoms with E-state index in [1.54, 1.807) is 0 Å². The van der Waals surface area contributed by atoms with E-state index in [9.17, 15) is 4.79 Å². The molecule has 0 aliphatic heterocycles. The van der Waals surface area contributed by atoms with Gasteiger partial charge in [-0.1, -0.05) is 60.7 Å². The van der Waals surface area contributed by atoms with Crippen LogP contribution >= 0.6 is 0 Å². The van der Waals surface area contributed by atoms with Gasteiger partial charge in [0.05, 0.1) is 0 Å². The second-order valence-corrected chi connectivity index (χ2v) is 5.29. The van der Waals surface area contributed by atoms with Crippen molar-refractivity contribution in [3.8, 4) is 0 Å². The number of hydrogen-bond acceptors (Lipinski definition) is 1. The highest BCUT2D eigenvalue weighted by Crippen LogP contribution is 2.06. The van der Waals surface area contributed by atoms with Crippen LogP contribution in [0, 0.1) is 0 Å². The van der Waals surface area contributed by atoms with Gasteiger partial charge in [-0.2, -0.15) is 4.57 Å². The van der Waals surface area contributed by atoms with E-state index in [2.05, 4.69) is 18.2 Å². The zero-order chi connectivity index (χ0) is 15.9. The lowest BCUT2D eigenvalue weighted by Gasteiger charge is -2.01. The summed E-state index contributed by atoms with van der Waals surface area (Å²) in [5.74, 6) is 0.108. The molecule has 0 unspecified atom stereocenters. The number of Topliss-reactive ketones (excluding diaryl/α,β-unsaturated/α-hetero) is 1. The third-order valence-corrected chi connectivity index (χ3v) is 3.63. The number of carbonyl (C=O) groups is 1. The number of rotatable bonds is 5. The summed E-state index contributed by atoms with van der Waals surface area (Å²) in [5.41, 5.74) is 2.87. The van der Waals surface area contributed by atoms with Crippen LogP contribution in [0.15, 0.2) is 85.1 Å². The Balaban J connectivity index is 0.00000208. The van der Waals surface area contributed by atoms with E-state index < -0.39 is 0 Å². The molecule has 1 heterocycles. The molecule has 0 N–H and O–H groups in total. The van der Waals surface area contributed by atoms with E-state index >= 15 is 0 Å². The molecule has 0 amide bonds. The normalized spacial score (nSPS) is 10.3. The van der Waals surface area contributed by atoms with Crippen LogP contribution in [0.5, 0.6) is 0 Å². The average Bonchev–Trinajstić information content (AvgIpc) is 2.62. The van der Waals surface area contributed by atoms with Crippen LogP contribution in [0.3, 0.4) is 0 Å². The van der Waals surface area contributed by atoms with Gasteiger partial charge in [-0.3, -0.25) is 4.79 Å². The maximum atomic E-state index is 12.4. The van der Waals surface area contributed by atoms with Gasteiger partial charge in [0.2, 0.25) is 18.0 Å². The fourth-order valence-electron chi connectivity index (χ4n) is 2.40. The van der Waals surface area contributed by atoms with Crippen LogP contribution < -0.4 is 21.5 Å². The fraction of sp³-hybridized carbons (Fsp3) is 0.0476. The minimum atomic E-state index is 0. The quantitative estimate of drug-likeness (QED) is 0.479. The number of pyridine rings is 1. The first-order valence-corrected chi connectivity index (χ1v) is 7.63. The molecule has 0 fully saturated rings. The van der Waals surface area contributed by atoms with Gasteiger partial charge in [0.15, 0.2) is 6.20 Å². The molecule has 3 aromatic rings. The molecule has 120 valence electrons. The number of halogens is 1. The summed E-state index contributed by atoms with van der Waals surface area (Å²) in [6.07, 6.45) is 6.03. The maximum Gasteiger partial charge on any atom is 0.227 e. The molecular weight excluding hydrogens is 362 g/mol. The number of hydrogen-bond donors (Lipinski definition) is 0. The summed E-state index contributed by atoms with van der Waals surface area (Å²) in [6, 6.07) is 25.5. The average molecular weight is 380 g/mol. The Morgan fingerprint density at radius 2 is 1.42 bits per heavy atom. The summed E-state index contributed by atoms with van der Waals surface area (Å²) < 4.78 is 1.97. The molecule has 0 aliphatic carbocycles. The molecule has 0 saturated heterocycles. The van der Waals surface area contributed by atoms with Gasteiger partial charge in [0, 0.05) is 23.8 Å². The summed E-state index contributed by atoms with van der Waals surface area (Å²) in [5, 5.41) is 0. The molecule has 0 saturated carbocycles. The minimum Gasteiger partial charge on any atom is -1.00 e. The number of nitrogens with zero attached hydrogens (tertiary/aromatic N) is 1. The van der Waals surface area contributed by atoms with Crippen molar-refractivity contribution in [1.82, 2.24) is 0 Å². The van der Waals surface area contributed by atoms with Crippen molar-refractivity contribution in [3.05, 3.63) is 102 Å². The van der Waals surface area contributed by atoms with Gasteiger partial charge in [-0.25, -0.2) is 0 Å². The topological polar surface area (TPSA) is 20.9 Å². The van der Waals surface area contributed by atoms with Crippen molar-refractivity contribution in [1.29, 1.82) is 0 Å². The molecule has 0 atom stereocenters. The van der Waals surface area contributed by atoms with Crippen molar-refractivity contribution in [2.75, 3.05) is 0 Å². The van der Waals surface area contributed by atoms with Crippen molar-refractivity contribution >= 4 is 17.9 Å². The first kappa shape index (κ1) is 17.8. The standard InChI is InChI=1S/C21H18NO.BrH/c23-21(19-11-5-2-6-12-19)17-22-16-8-7-13-20(22)15-14-18-9-3-1-4-10-18;/h1-16H,17H2;1H/q+1;/p-1/b15-14+;. The second kappa shape index (κ2) is 8.94. The number of ketones is 1. The van der Waals surface area contributed by atoms with Crippen LogP contribution in [0.25, 0.3) is 12.2 Å². The first-order chi connectivity index (χ1) is 11.3. The van der Waals surface area contributed by atoms with Gasteiger partial charge in [0.1, 0.15) is 0 Å². The Hall–Kier alpha value is -2.52. The molecule has 1 aromatic heterocycles. The third kappa shape index (κ3) is 4.74. The summed E-state index contributed by atoms with van der Waals surface area (Å²) in [6.45, 7) is 0.333. The lowest BCUT2D eigenvalue weighted by atomic mass is 10.1. The molecule has 2 nitrogen and oxygen atoms in total. The highest BCUT2D eigenvalue weighted by atomic mass is 79.9. The Bertz CT molecular complexity index is 814. The zero-order valence-electron chi connectivity index (χ0n) is 13.2. The second-order valence-electron chi connectivity index (χ2n) is 5.29. The van der Waals surface area contributed by atoms with E-state index in [4.69, 9.17) is 0 Å². The molecular formula is C21H18BrNO. The lowest BCUT2D eigenvalue weighted by Crippen LogP contribution is -3.00. The van der Waals surface area contributed by atoms with Crippen LogP contribution in [0.1, 0.15) is 21.6 Å². The highest BCUT2D eigenvalue weighted by molar-refractivity contribution is 5.95. The molecule has 0 spiro atoms. The molecule has 3 rings (SSSR count). The van der Waals surface area contributed by atoms with Gasteiger partial charge >= 0.3 is 0 Å². The molecule has 0 bridgehead atoms. The van der Waals surface area contributed by atoms with E-state index in [0.717, 1.165) is 16.8 Å². The molecule has 24 heavy (non-hydrogen) atoms. The molecule has 3 heteroatoms. The predicted molar refractivity (Wildman–Crippen MR) is 92.8 cm³/mol. The summed E-state index contributed by atoms with van der Waals surface area (Å²) in [4.78, 5) is 12.4. The summed E-state index contributed by atoms with van der Waals surface area (Å²) >= 11 is 0. The van der Waals surface area contributed by atoms with Gasteiger partial charge in [-0.05, 0) is 17.7 Å². The molecule has 0 radical (unpaired) electrons. The van der Waals surface area contributed by atoms with Crippen LogP contribution in [0.2, 0.25) is 0 Å². The van der Waals surface area contributed by atoms with Gasteiger partial charge in [0.25, 0.3) is 0 Å². The number of carbonyl (C=O) groups excluding carboxylic acids is 1. The lowest BCUT2D eigenvalue weighted by molar-refractivity contribution is -0.684. The monoisotopic (exact) mass is 379 g/mol.